The third-order valence-electron chi connectivity index (χ3n) is 7.38. The first-order valence-electron chi connectivity index (χ1n) is 12.2. The number of fused-ring (bicyclic) bond motifs is 8. The van der Waals surface area contributed by atoms with E-state index in [2.05, 4.69) is 46.6 Å². The van der Waals surface area contributed by atoms with E-state index in [0.717, 1.165) is 43.9 Å². The van der Waals surface area contributed by atoms with Crippen LogP contribution in [0.1, 0.15) is 54.4 Å². The van der Waals surface area contributed by atoms with E-state index < -0.39 is 11.9 Å². The number of nitrogens with one attached hydrogen (secondary N) is 1. The Bertz CT molecular complexity index is 1130. The molecular formula is C27H31ClN2O6. The van der Waals surface area contributed by atoms with Gasteiger partial charge in [-0.3, -0.25) is 4.79 Å². The fourth-order valence-corrected chi connectivity index (χ4v) is 6.07. The highest BCUT2D eigenvalue weighted by molar-refractivity contribution is 6.30. The number of carbonyl (C=O) groups is 3. The number of piperidine rings is 1. The summed E-state index contributed by atoms with van der Waals surface area (Å²) >= 11 is 6.43. The molecule has 0 spiro atoms. The SMILES string of the molecule is CCOCC(=O)NC1CCN(C[C@]23C[C@H](c4ccccc42)c2ccc(Cl)cc23)CC1.O=C(O)C(=O)O. The van der Waals surface area contributed by atoms with Crippen molar-refractivity contribution in [1.82, 2.24) is 10.2 Å². The zero-order valence-corrected chi connectivity index (χ0v) is 21.0. The number of rotatable bonds is 6. The molecule has 0 saturated carbocycles. The minimum atomic E-state index is -1.82. The Hall–Kier alpha value is -2.94. The van der Waals surface area contributed by atoms with Crippen LogP contribution in [-0.4, -0.2) is 71.8 Å². The van der Waals surface area contributed by atoms with Crippen molar-refractivity contribution >= 4 is 29.4 Å². The molecular weight excluding hydrogens is 484 g/mol. The third kappa shape index (κ3) is 5.26. The summed E-state index contributed by atoms with van der Waals surface area (Å²) in [6, 6.07) is 15.7. The molecule has 2 bridgehead atoms. The molecule has 0 aromatic heterocycles. The Balaban J connectivity index is 0.000000455. The summed E-state index contributed by atoms with van der Waals surface area (Å²) in [5, 5.41) is 18.7. The smallest absolute Gasteiger partial charge is 0.414 e. The summed E-state index contributed by atoms with van der Waals surface area (Å²) in [4.78, 5) is 32.8. The largest absolute Gasteiger partial charge is 0.473 e. The van der Waals surface area contributed by atoms with Crippen LogP contribution in [0.3, 0.4) is 0 Å². The summed E-state index contributed by atoms with van der Waals surface area (Å²) in [6.07, 6.45) is 3.12. The Morgan fingerprint density at radius 3 is 2.39 bits per heavy atom. The molecule has 5 rings (SSSR count). The summed E-state index contributed by atoms with van der Waals surface area (Å²) in [5.74, 6) is -3.16. The molecule has 0 unspecified atom stereocenters. The Kier molecular flexibility index (Phi) is 7.97. The molecule has 192 valence electrons. The van der Waals surface area contributed by atoms with Gasteiger partial charge in [0.1, 0.15) is 6.61 Å². The number of hydrogen-bond acceptors (Lipinski definition) is 5. The van der Waals surface area contributed by atoms with Crippen molar-refractivity contribution in [3.63, 3.8) is 0 Å². The van der Waals surface area contributed by atoms with Gasteiger partial charge in [-0.05, 0) is 60.6 Å². The normalized spacial score (nSPS) is 22.2. The van der Waals surface area contributed by atoms with Crippen LogP contribution < -0.4 is 5.32 Å². The van der Waals surface area contributed by atoms with Crippen LogP contribution in [0.15, 0.2) is 42.5 Å². The number of hydrogen-bond donors (Lipinski definition) is 3. The van der Waals surface area contributed by atoms with Crippen LogP contribution >= 0.6 is 11.6 Å². The van der Waals surface area contributed by atoms with Crippen LogP contribution in [0.4, 0.5) is 0 Å². The van der Waals surface area contributed by atoms with E-state index in [1.165, 1.54) is 22.3 Å². The second kappa shape index (κ2) is 11.0. The van der Waals surface area contributed by atoms with Gasteiger partial charge in [0.25, 0.3) is 0 Å². The lowest BCUT2D eigenvalue weighted by Crippen LogP contribution is -2.49. The van der Waals surface area contributed by atoms with E-state index >= 15 is 0 Å². The van der Waals surface area contributed by atoms with E-state index in [9.17, 15) is 4.79 Å². The van der Waals surface area contributed by atoms with E-state index in [1.54, 1.807) is 0 Å². The molecule has 1 saturated heterocycles. The van der Waals surface area contributed by atoms with Gasteiger partial charge < -0.3 is 25.2 Å². The molecule has 9 heteroatoms. The highest BCUT2D eigenvalue weighted by Crippen LogP contribution is 2.60. The van der Waals surface area contributed by atoms with Crippen LogP contribution in [0.25, 0.3) is 0 Å². The van der Waals surface area contributed by atoms with Gasteiger partial charge >= 0.3 is 11.9 Å². The van der Waals surface area contributed by atoms with Gasteiger partial charge in [-0.25, -0.2) is 9.59 Å². The molecule has 1 fully saturated rings. The number of ether oxygens (including phenoxy) is 1. The first-order chi connectivity index (χ1) is 17.2. The van der Waals surface area contributed by atoms with Crippen molar-refractivity contribution in [2.24, 2.45) is 0 Å². The van der Waals surface area contributed by atoms with Crippen molar-refractivity contribution in [2.75, 3.05) is 32.8 Å². The van der Waals surface area contributed by atoms with Crippen molar-refractivity contribution in [1.29, 1.82) is 0 Å². The van der Waals surface area contributed by atoms with Gasteiger partial charge in [-0.2, -0.15) is 0 Å². The average molecular weight is 515 g/mol. The number of benzene rings is 2. The fourth-order valence-electron chi connectivity index (χ4n) is 5.90. The van der Waals surface area contributed by atoms with Crippen molar-refractivity contribution in [3.05, 3.63) is 69.7 Å². The van der Waals surface area contributed by atoms with Crippen molar-refractivity contribution in [3.8, 4) is 0 Å². The Labute approximate surface area is 215 Å². The van der Waals surface area contributed by atoms with E-state index in [1.807, 2.05) is 13.0 Å². The molecule has 3 N–H and O–H groups in total. The van der Waals surface area contributed by atoms with Crippen molar-refractivity contribution < 1.29 is 29.3 Å². The van der Waals surface area contributed by atoms with E-state index in [-0.39, 0.29) is 24.0 Å². The predicted octanol–water partition coefficient (Wildman–Crippen LogP) is 3.25. The minimum Gasteiger partial charge on any atom is -0.473 e. The van der Waals surface area contributed by atoms with Gasteiger partial charge in [-0.1, -0.05) is 41.9 Å². The second-order valence-corrected chi connectivity index (χ2v) is 9.96. The van der Waals surface area contributed by atoms with Gasteiger partial charge in [0.2, 0.25) is 5.91 Å². The molecule has 1 heterocycles. The van der Waals surface area contributed by atoms with E-state index in [0.29, 0.717) is 12.5 Å². The average Bonchev–Trinajstić information content (AvgIpc) is 3.36. The lowest BCUT2D eigenvalue weighted by Gasteiger charge is -2.40. The number of amides is 1. The third-order valence-corrected chi connectivity index (χ3v) is 7.61. The molecule has 2 atom stereocenters. The Morgan fingerprint density at radius 1 is 1.06 bits per heavy atom. The lowest BCUT2D eigenvalue weighted by molar-refractivity contribution is -0.159. The van der Waals surface area contributed by atoms with Gasteiger partial charge in [0.15, 0.2) is 0 Å². The zero-order valence-electron chi connectivity index (χ0n) is 20.2. The number of aliphatic carboxylic acids is 2. The zero-order chi connectivity index (χ0) is 25.9. The number of nitrogens with zero attached hydrogens (tertiary/aromatic N) is 1. The molecule has 1 amide bonds. The van der Waals surface area contributed by atoms with Crippen LogP contribution in [0.2, 0.25) is 5.02 Å². The number of carboxylic acids is 2. The molecule has 2 aromatic carbocycles. The number of carbonyl (C=O) groups excluding carboxylic acids is 1. The predicted molar refractivity (Wildman–Crippen MR) is 135 cm³/mol. The molecule has 2 aromatic rings. The minimum absolute atomic E-state index is 0.000757. The summed E-state index contributed by atoms with van der Waals surface area (Å²) < 4.78 is 5.22. The molecule has 0 radical (unpaired) electrons. The van der Waals surface area contributed by atoms with Gasteiger partial charge in [0, 0.05) is 48.6 Å². The first-order valence-corrected chi connectivity index (χ1v) is 12.6. The van der Waals surface area contributed by atoms with Crippen molar-refractivity contribution in [2.45, 2.75) is 43.6 Å². The molecule has 3 aliphatic rings. The van der Waals surface area contributed by atoms with Crippen LogP contribution in [0.5, 0.6) is 0 Å². The standard InChI is InChI=1S/C25H29ClN2O2.C2H2O4/c1-2-30-15-24(29)27-18-9-11-28(12-10-18)16-25-14-21(19-5-3-4-6-22(19)25)20-8-7-17(26)13-23(20)25;3-1(4)2(5)6/h3-8,13,18,21H,2,9-12,14-16H2,1H3,(H,27,29);(H,3,4)(H,5,6)/t21-,25-;/m1./s1. The Morgan fingerprint density at radius 2 is 1.72 bits per heavy atom. The molecule has 1 aliphatic heterocycles. The topological polar surface area (TPSA) is 116 Å². The monoisotopic (exact) mass is 514 g/mol. The summed E-state index contributed by atoms with van der Waals surface area (Å²) in [6.45, 7) is 5.67. The maximum absolute atomic E-state index is 12.0. The highest BCUT2D eigenvalue weighted by atomic mass is 35.5. The summed E-state index contributed by atoms with van der Waals surface area (Å²) in [7, 11) is 0. The summed E-state index contributed by atoms with van der Waals surface area (Å²) in [5.41, 5.74) is 5.89. The van der Waals surface area contributed by atoms with Gasteiger partial charge in [-0.15, -0.1) is 0 Å². The first kappa shape index (κ1) is 26.1. The van der Waals surface area contributed by atoms with E-state index in [4.69, 9.17) is 36.1 Å². The second-order valence-electron chi connectivity index (χ2n) is 9.52. The van der Waals surface area contributed by atoms with Crippen LogP contribution in [-0.2, 0) is 24.5 Å². The number of halogens is 1. The molecule has 2 aliphatic carbocycles. The molecule has 36 heavy (non-hydrogen) atoms. The lowest BCUT2D eigenvalue weighted by atomic mass is 9.74. The van der Waals surface area contributed by atoms with Gasteiger partial charge in [0.05, 0.1) is 0 Å². The molecule has 8 nitrogen and oxygen atoms in total. The number of carboxylic acid groups (broad SMARTS) is 2. The maximum atomic E-state index is 12.0. The van der Waals surface area contributed by atoms with Crippen LogP contribution in [0, 0.1) is 0 Å². The number of likely N-dealkylation sites (tertiary alicyclic amines) is 1. The quantitative estimate of drug-likeness (QED) is 0.507. The maximum Gasteiger partial charge on any atom is 0.414 e. The highest BCUT2D eigenvalue weighted by Gasteiger charge is 2.53. The fraction of sp³-hybridized carbons (Fsp3) is 0.444.